The minimum atomic E-state index is 0.435. The van der Waals surface area contributed by atoms with Crippen LogP contribution in [0, 0.1) is 0 Å². The number of halogens is 2. The lowest BCUT2D eigenvalue weighted by atomic mass is 10.2. The topological polar surface area (TPSA) is 25.8 Å². The molecule has 0 saturated heterocycles. The van der Waals surface area contributed by atoms with E-state index in [0.29, 0.717) is 15.5 Å². The van der Waals surface area contributed by atoms with Gasteiger partial charge in [-0.1, -0.05) is 29.8 Å². The maximum Gasteiger partial charge on any atom is 0.162 e. The third-order valence-corrected chi connectivity index (χ3v) is 4.48. The van der Waals surface area contributed by atoms with E-state index < -0.39 is 0 Å². The van der Waals surface area contributed by atoms with E-state index >= 15 is 0 Å². The van der Waals surface area contributed by atoms with E-state index in [1.165, 1.54) is 4.70 Å². The standard InChI is InChI=1S/C12H6BrClN2S/c13-9-5-15-12(16-11(9)14)8-6-17-10-4-2-1-3-7(8)10/h1-6H. The van der Waals surface area contributed by atoms with Crippen LogP contribution in [0.25, 0.3) is 21.5 Å². The molecule has 0 aliphatic rings. The SMILES string of the molecule is Clc1nc(-c2csc3ccccc23)ncc1Br. The molecule has 0 atom stereocenters. The van der Waals surface area contributed by atoms with Crippen LogP contribution in [0.15, 0.2) is 40.3 Å². The molecule has 0 aliphatic heterocycles. The maximum absolute atomic E-state index is 5.99. The van der Waals surface area contributed by atoms with Crippen molar-refractivity contribution in [2.45, 2.75) is 0 Å². The molecule has 0 amide bonds. The third-order valence-electron chi connectivity index (χ3n) is 2.42. The van der Waals surface area contributed by atoms with Crippen molar-refractivity contribution >= 4 is 49.0 Å². The number of rotatable bonds is 1. The van der Waals surface area contributed by atoms with Crippen LogP contribution in [0.3, 0.4) is 0 Å². The first-order valence-corrected chi connectivity index (χ1v) is 6.95. The van der Waals surface area contributed by atoms with Gasteiger partial charge in [0.2, 0.25) is 0 Å². The number of thiophene rings is 1. The molecule has 0 saturated carbocycles. The summed E-state index contributed by atoms with van der Waals surface area (Å²) in [6, 6.07) is 8.20. The van der Waals surface area contributed by atoms with Crippen LogP contribution in [0.1, 0.15) is 0 Å². The van der Waals surface area contributed by atoms with Gasteiger partial charge in [-0.05, 0) is 22.0 Å². The predicted octanol–water partition coefficient (Wildman–Crippen LogP) is 4.77. The molecule has 1 aromatic carbocycles. The molecule has 0 unspecified atom stereocenters. The Bertz CT molecular complexity index is 696. The van der Waals surface area contributed by atoms with Gasteiger partial charge in [-0.2, -0.15) is 0 Å². The van der Waals surface area contributed by atoms with Crippen molar-refractivity contribution in [3.8, 4) is 11.4 Å². The summed E-state index contributed by atoms with van der Waals surface area (Å²) in [4.78, 5) is 8.58. The first-order valence-electron chi connectivity index (χ1n) is 4.90. The van der Waals surface area contributed by atoms with Gasteiger partial charge in [-0.25, -0.2) is 9.97 Å². The first kappa shape index (κ1) is 11.1. The fraction of sp³-hybridized carbons (Fsp3) is 0. The molecule has 84 valence electrons. The molecule has 2 nitrogen and oxygen atoms in total. The lowest BCUT2D eigenvalue weighted by Gasteiger charge is -2.00. The Labute approximate surface area is 115 Å². The average Bonchev–Trinajstić information content (AvgIpc) is 2.76. The molecule has 0 aliphatic carbocycles. The normalized spacial score (nSPS) is 10.9. The minimum absolute atomic E-state index is 0.435. The van der Waals surface area contributed by atoms with Gasteiger partial charge < -0.3 is 0 Å². The van der Waals surface area contributed by atoms with E-state index in [9.17, 15) is 0 Å². The zero-order valence-electron chi connectivity index (χ0n) is 8.52. The molecule has 0 bridgehead atoms. The predicted molar refractivity (Wildman–Crippen MR) is 75.6 cm³/mol. The highest BCUT2D eigenvalue weighted by Crippen LogP contribution is 2.33. The van der Waals surface area contributed by atoms with Crippen molar-refractivity contribution in [1.29, 1.82) is 0 Å². The Morgan fingerprint density at radius 1 is 1.24 bits per heavy atom. The van der Waals surface area contributed by atoms with E-state index in [2.05, 4.69) is 43.4 Å². The molecule has 2 heterocycles. The van der Waals surface area contributed by atoms with Crippen LogP contribution < -0.4 is 0 Å². The summed E-state index contributed by atoms with van der Waals surface area (Å²) in [6.07, 6.45) is 1.68. The monoisotopic (exact) mass is 324 g/mol. The number of aromatic nitrogens is 2. The Morgan fingerprint density at radius 2 is 2.06 bits per heavy atom. The summed E-state index contributed by atoms with van der Waals surface area (Å²) in [7, 11) is 0. The van der Waals surface area contributed by atoms with Gasteiger partial charge in [0, 0.05) is 27.2 Å². The molecule has 0 fully saturated rings. The fourth-order valence-corrected chi connectivity index (χ4v) is 2.89. The highest BCUT2D eigenvalue weighted by Gasteiger charge is 2.10. The second-order valence-corrected chi connectivity index (χ2v) is 5.60. The van der Waals surface area contributed by atoms with E-state index in [0.717, 1.165) is 10.9 Å². The number of hydrogen-bond donors (Lipinski definition) is 0. The van der Waals surface area contributed by atoms with Gasteiger partial charge in [-0.15, -0.1) is 11.3 Å². The second-order valence-electron chi connectivity index (χ2n) is 3.48. The van der Waals surface area contributed by atoms with E-state index in [-0.39, 0.29) is 0 Å². The molecule has 3 aromatic rings. The summed E-state index contributed by atoms with van der Waals surface area (Å²) in [5.74, 6) is 0.663. The largest absolute Gasteiger partial charge is 0.235 e. The average molecular weight is 326 g/mol. The van der Waals surface area contributed by atoms with Crippen LogP contribution in [-0.2, 0) is 0 Å². The molecule has 0 spiro atoms. The lowest BCUT2D eigenvalue weighted by molar-refractivity contribution is 1.17. The zero-order valence-corrected chi connectivity index (χ0v) is 11.7. The summed E-state index contributed by atoms with van der Waals surface area (Å²) >= 11 is 11.0. The molecular formula is C12H6BrClN2S. The van der Waals surface area contributed by atoms with Gasteiger partial charge >= 0.3 is 0 Å². The van der Waals surface area contributed by atoms with Crippen molar-refractivity contribution in [2.75, 3.05) is 0 Å². The third kappa shape index (κ3) is 1.97. The molecule has 3 rings (SSSR count). The molecule has 0 N–H and O–H groups in total. The Morgan fingerprint density at radius 3 is 2.88 bits per heavy atom. The fourth-order valence-electron chi connectivity index (χ4n) is 1.63. The van der Waals surface area contributed by atoms with Gasteiger partial charge in [0.1, 0.15) is 5.15 Å². The van der Waals surface area contributed by atoms with Crippen LogP contribution in [0.4, 0.5) is 0 Å². The Hall–Kier alpha value is -0.970. The number of nitrogens with zero attached hydrogens (tertiary/aromatic N) is 2. The zero-order chi connectivity index (χ0) is 11.8. The van der Waals surface area contributed by atoms with E-state index in [4.69, 9.17) is 11.6 Å². The molecule has 5 heteroatoms. The smallest absolute Gasteiger partial charge is 0.162 e. The van der Waals surface area contributed by atoms with Gasteiger partial charge in [-0.3, -0.25) is 0 Å². The number of hydrogen-bond acceptors (Lipinski definition) is 3. The Kier molecular flexibility index (Phi) is 2.86. The van der Waals surface area contributed by atoms with Crippen molar-refractivity contribution in [2.24, 2.45) is 0 Å². The summed E-state index contributed by atoms with van der Waals surface area (Å²) < 4.78 is 1.94. The highest BCUT2D eigenvalue weighted by atomic mass is 79.9. The van der Waals surface area contributed by atoms with Gasteiger partial charge in [0.25, 0.3) is 0 Å². The van der Waals surface area contributed by atoms with Crippen molar-refractivity contribution in [3.05, 3.63) is 45.5 Å². The quantitative estimate of drug-likeness (QED) is 0.602. The highest BCUT2D eigenvalue weighted by molar-refractivity contribution is 9.10. The van der Waals surface area contributed by atoms with Crippen molar-refractivity contribution in [3.63, 3.8) is 0 Å². The first-order chi connectivity index (χ1) is 8.25. The van der Waals surface area contributed by atoms with Gasteiger partial charge in [0.05, 0.1) is 4.47 Å². The number of benzene rings is 1. The molecule has 0 radical (unpaired) electrons. The number of fused-ring (bicyclic) bond motifs is 1. The minimum Gasteiger partial charge on any atom is -0.235 e. The maximum atomic E-state index is 5.99. The summed E-state index contributed by atoms with van der Waals surface area (Å²) in [6.45, 7) is 0. The van der Waals surface area contributed by atoms with Crippen LogP contribution in [0.2, 0.25) is 5.15 Å². The van der Waals surface area contributed by atoms with Crippen molar-refractivity contribution in [1.82, 2.24) is 9.97 Å². The van der Waals surface area contributed by atoms with Gasteiger partial charge in [0.15, 0.2) is 5.82 Å². The Balaban J connectivity index is 2.24. The lowest BCUT2D eigenvalue weighted by Crippen LogP contribution is -1.88. The van der Waals surface area contributed by atoms with E-state index in [1.807, 2.05) is 12.1 Å². The molecular weight excluding hydrogens is 320 g/mol. The molecule has 2 aromatic heterocycles. The van der Waals surface area contributed by atoms with Crippen LogP contribution in [-0.4, -0.2) is 9.97 Å². The van der Waals surface area contributed by atoms with Crippen molar-refractivity contribution < 1.29 is 0 Å². The van der Waals surface area contributed by atoms with Crippen LogP contribution in [0.5, 0.6) is 0 Å². The van der Waals surface area contributed by atoms with Crippen LogP contribution >= 0.6 is 38.9 Å². The molecule has 17 heavy (non-hydrogen) atoms. The van der Waals surface area contributed by atoms with E-state index in [1.54, 1.807) is 17.5 Å². The second kappa shape index (κ2) is 4.37. The summed E-state index contributed by atoms with van der Waals surface area (Å²) in [5, 5.41) is 3.66. The summed E-state index contributed by atoms with van der Waals surface area (Å²) in [5.41, 5.74) is 1.03.